The molecule has 2 aromatic rings. The Kier molecular flexibility index (Phi) is 125. The van der Waals surface area contributed by atoms with E-state index >= 15 is 0 Å². The largest absolute Gasteiger partial charge is 0.870 e. The van der Waals surface area contributed by atoms with Crippen LogP contribution in [0.5, 0.6) is 0 Å². The first-order chi connectivity index (χ1) is 62.8. The summed E-state index contributed by atoms with van der Waals surface area (Å²) < 4.78 is 15.4. The Balaban J connectivity index is -0.0000000826. The van der Waals surface area contributed by atoms with Gasteiger partial charge in [0.25, 0.3) is 0 Å². The van der Waals surface area contributed by atoms with E-state index in [0.29, 0.717) is 129 Å². The number of ether oxygens (including phenoxy) is 3. The van der Waals surface area contributed by atoms with Gasteiger partial charge in [0.1, 0.15) is 6.61 Å². The predicted molar refractivity (Wildman–Crippen MR) is 594 cm³/mol. The van der Waals surface area contributed by atoms with Gasteiger partial charge in [0.05, 0.1) is 13.2 Å². The SMILES string of the molecule is CC.CC.CC(C)CC(NC(=O)OCc1ccccc1)C(C)C.CC(C)CN(C)C(=O)NCC(C)(C)C.CC(C)CN(C)C(=O)OCC(C)(C)C.CC(C)CNC(=O)N(C)CC(C)C.CC(C)CNC(=O)NCC(C)(C)C.CC(C)CNC(=O)NCC(C)(C)C.CC(C)CNC(=O)NCc1ccccc1.CC(C)COC(=O)N(C)CC(C)C.CNC(=O)N(C)CC(C)C.CNC(=O)NCC(C)C.[OH-].[OH-].[OH-].[OH-].[OH-].[OH-].[OH-]. The monoisotopic (exact) mass is 2070 g/mol. The third-order valence-corrected chi connectivity index (χ3v) is 16.5. The highest BCUT2D eigenvalue weighted by atomic mass is 16.6. The average molecular weight is 2070 g/mol. The molecule has 0 aromatic heterocycles. The van der Waals surface area contributed by atoms with Crippen molar-refractivity contribution in [2.75, 3.05) is 148 Å². The van der Waals surface area contributed by atoms with Crippen molar-refractivity contribution in [1.29, 1.82) is 0 Å². The lowest BCUT2D eigenvalue weighted by Crippen LogP contribution is -2.42. The lowest BCUT2D eigenvalue weighted by atomic mass is 9.95. The molecular weight excluding hydrogens is 1840 g/mol. The van der Waals surface area contributed by atoms with Crippen LogP contribution in [0.25, 0.3) is 0 Å². The van der Waals surface area contributed by atoms with Crippen LogP contribution in [0.4, 0.5) is 47.9 Å². The minimum Gasteiger partial charge on any atom is -0.870 e. The van der Waals surface area contributed by atoms with Crippen LogP contribution in [0.2, 0.25) is 0 Å². The van der Waals surface area contributed by atoms with E-state index in [0.717, 1.165) is 76.5 Å². The number of alkyl carbamates (subject to hydrolysis) is 1. The number of carbonyl (C=O) groups excluding carboxylic acids is 10. The van der Waals surface area contributed by atoms with Crippen molar-refractivity contribution in [1.82, 2.24) is 88.3 Å². The molecule has 0 bridgehead atoms. The molecule has 144 heavy (non-hydrogen) atoms. The quantitative estimate of drug-likeness (QED) is 0.0290. The molecular formula is C107H226N17O20-7. The van der Waals surface area contributed by atoms with E-state index in [1.54, 1.807) is 59.7 Å². The highest BCUT2D eigenvalue weighted by Crippen LogP contribution is 2.17. The summed E-state index contributed by atoms with van der Waals surface area (Å²) in [5, 5.41) is 33.3. The molecule has 0 aliphatic carbocycles. The van der Waals surface area contributed by atoms with Gasteiger partial charge in [0.2, 0.25) is 0 Å². The van der Waals surface area contributed by atoms with Crippen LogP contribution >= 0.6 is 0 Å². The Bertz CT molecular complexity index is 3150. The van der Waals surface area contributed by atoms with E-state index in [1.807, 2.05) is 137 Å². The summed E-state index contributed by atoms with van der Waals surface area (Å²) in [6.07, 6.45) is 0.192. The Hall–Kier alpha value is -9.14. The molecule has 1 atom stereocenters. The number of urea groups is 7. The number of hydrogen-bond donors (Lipinski definition) is 12. The maximum absolute atomic E-state index is 11.8. The molecule has 0 radical (unpaired) electrons. The second-order valence-electron chi connectivity index (χ2n) is 44.3. The maximum atomic E-state index is 11.8. The molecule has 17 amide bonds. The van der Waals surface area contributed by atoms with E-state index in [4.69, 9.17) is 14.2 Å². The molecule has 0 heterocycles. The zero-order valence-electron chi connectivity index (χ0n) is 100. The Morgan fingerprint density at radius 3 is 0.847 bits per heavy atom. The molecule has 2 aromatic carbocycles. The Morgan fingerprint density at radius 1 is 0.292 bits per heavy atom. The van der Waals surface area contributed by atoms with Crippen LogP contribution in [0.15, 0.2) is 60.7 Å². The van der Waals surface area contributed by atoms with Crippen LogP contribution < -0.4 is 63.8 Å². The van der Waals surface area contributed by atoms with Crippen molar-refractivity contribution < 1.29 is 100 Å². The van der Waals surface area contributed by atoms with Crippen LogP contribution in [-0.4, -0.2) is 277 Å². The smallest absolute Gasteiger partial charge is 0.409 e. The van der Waals surface area contributed by atoms with Crippen molar-refractivity contribution in [2.24, 2.45) is 98.6 Å². The summed E-state index contributed by atoms with van der Waals surface area (Å²) in [4.78, 5) is 121. The fourth-order valence-electron chi connectivity index (χ4n) is 9.82. The minimum absolute atomic E-state index is 0. The van der Waals surface area contributed by atoms with E-state index in [2.05, 4.69) is 292 Å². The van der Waals surface area contributed by atoms with Crippen LogP contribution in [0.3, 0.4) is 0 Å². The molecule has 0 saturated carbocycles. The molecule has 0 saturated heterocycles. The second-order valence-corrected chi connectivity index (χ2v) is 44.3. The van der Waals surface area contributed by atoms with Gasteiger partial charge in [-0.15, -0.1) is 0 Å². The molecule has 866 valence electrons. The van der Waals surface area contributed by atoms with Gasteiger partial charge in [0, 0.05) is 147 Å². The van der Waals surface area contributed by atoms with E-state index in [-0.39, 0.29) is 127 Å². The van der Waals surface area contributed by atoms with Crippen LogP contribution in [0.1, 0.15) is 308 Å². The summed E-state index contributed by atoms with van der Waals surface area (Å²) in [5.74, 6) is 6.40. The van der Waals surface area contributed by atoms with E-state index in [1.165, 1.54) is 0 Å². The van der Waals surface area contributed by atoms with Gasteiger partial charge in [-0.05, 0) is 116 Å². The van der Waals surface area contributed by atoms with Gasteiger partial charge in [-0.3, -0.25) is 0 Å². The van der Waals surface area contributed by atoms with Crippen molar-refractivity contribution >= 4 is 60.5 Å². The average Bonchev–Trinajstić information content (AvgIpc) is 0.925. The fourth-order valence-corrected chi connectivity index (χ4v) is 9.82. The normalized spacial score (nSPS) is 10.3. The number of rotatable bonds is 34. The third kappa shape index (κ3) is 144. The van der Waals surface area contributed by atoms with Crippen LogP contribution in [0, 0.1) is 98.6 Å². The zero-order chi connectivity index (χ0) is 109. The molecule has 2 rings (SSSR count). The van der Waals surface area contributed by atoms with Crippen LogP contribution in [-0.2, 0) is 27.4 Å². The predicted octanol–water partition coefficient (Wildman–Crippen LogP) is 21.8. The molecule has 37 heteroatoms. The first kappa shape index (κ1) is 174. The van der Waals surface area contributed by atoms with E-state index in [9.17, 15) is 47.9 Å². The summed E-state index contributed by atoms with van der Waals surface area (Å²) in [5.41, 5.74) is 2.59. The van der Waals surface area contributed by atoms with Gasteiger partial charge in [-0.1, -0.05) is 351 Å². The van der Waals surface area contributed by atoms with Crippen molar-refractivity contribution in [2.45, 2.75) is 316 Å². The first-order valence-corrected chi connectivity index (χ1v) is 50.5. The molecule has 1 unspecified atom stereocenters. The summed E-state index contributed by atoms with van der Waals surface area (Å²) in [6, 6.07) is 19.4. The number of nitrogens with one attached hydrogen (secondary N) is 12. The molecule has 37 nitrogen and oxygen atoms in total. The summed E-state index contributed by atoms with van der Waals surface area (Å²) in [6.45, 7) is 98.7. The van der Waals surface area contributed by atoms with Gasteiger partial charge in [-0.2, -0.15) is 0 Å². The van der Waals surface area contributed by atoms with Crippen molar-refractivity contribution in [3.8, 4) is 0 Å². The first-order valence-electron chi connectivity index (χ1n) is 50.5. The number of nitrogens with zero attached hydrogens (tertiary/aromatic N) is 5. The van der Waals surface area contributed by atoms with Gasteiger partial charge >= 0.3 is 60.5 Å². The van der Waals surface area contributed by atoms with E-state index < -0.39 is 0 Å². The second kappa shape index (κ2) is 104. The highest BCUT2D eigenvalue weighted by molar-refractivity contribution is 5.76. The topological polar surface area (TPSA) is 569 Å². The fraction of sp³-hybridized carbons (Fsp3) is 0.794. The lowest BCUT2D eigenvalue weighted by Gasteiger charge is -2.24. The standard InChI is InChI=1S/C16H25NO2.C12H18N2O.C11H24N2O.C11H23NO2.3C10H22N2O.C10H21NO2.C7H16N2O.C6H14N2O.2C2H6.7H2O/c1-12(2)10-15(13(3)4)17-16(18)19-11-14-8-6-5-7-9-14;1-10(2)8-13-12(15)14-9-11-6-4-3-5-7-11;1-9(2)7-13(6)10(14)12-8-11(3,4)5;1-9(2)7-12(6)10(13)14-8-11(3,4)5;2*1-8(2)6-11-9(13)12-7-10(3,4)5;1-8(2)6-11-10(13)12(5)7-9(3)4;1-8(2)6-11(5)10(12)13-7-9(3)4;1-6(2)5-9(4)7(10)8-3;1-5(2)4-8-6(9)7-3;2*1-2;;;;;;;/h5-9,12-13,15H,10-11H2,1-4H3,(H,17,18);3-7,10H,8-9H2,1-2H3,(H2,13,14,15);9H,7-8H2,1-6H3,(H,12,14);9H,7-8H2,1-6H3;2*8H,6-7H2,1-5H3,(H2,11,12,13);8-9H,6-7H2,1-5H3,(H,11,13);8-9H,6-7H2,1-5H3;6H,5H2,1-4H3,(H,8,10);5H,4H2,1-3H3,(H2,7,8,9);2*1-2H3;7*1H2/p-7. The van der Waals surface area contributed by atoms with Crippen molar-refractivity contribution in [3.05, 3.63) is 71.8 Å². The maximum Gasteiger partial charge on any atom is 0.409 e. The van der Waals surface area contributed by atoms with Crippen molar-refractivity contribution in [3.63, 3.8) is 0 Å². The number of hydrogen-bond acceptors (Lipinski definition) is 20. The number of amides is 17. The molecule has 0 aliphatic rings. The Labute approximate surface area is 879 Å². The Morgan fingerprint density at radius 2 is 0.569 bits per heavy atom. The van der Waals surface area contributed by atoms with Gasteiger partial charge < -0.3 is 141 Å². The molecule has 0 fully saturated rings. The summed E-state index contributed by atoms with van der Waals surface area (Å²) in [7, 11) is 12.2. The summed E-state index contributed by atoms with van der Waals surface area (Å²) >= 11 is 0. The third-order valence-electron chi connectivity index (χ3n) is 16.5. The van der Waals surface area contributed by atoms with Gasteiger partial charge in [0.15, 0.2) is 0 Å². The highest BCUT2D eigenvalue weighted by Gasteiger charge is 2.22. The van der Waals surface area contributed by atoms with Gasteiger partial charge in [-0.25, -0.2) is 47.9 Å². The minimum atomic E-state index is -0.330. The molecule has 0 spiro atoms. The zero-order valence-corrected chi connectivity index (χ0v) is 100. The lowest BCUT2D eigenvalue weighted by molar-refractivity contribution is 0.0761. The molecule has 19 N–H and O–H groups in total. The number of benzene rings is 2. The molecule has 0 aliphatic heterocycles. The number of carbonyl (C=O) groups is 10.